The molecule has 0 spiro atoms. The molecule has 0 heterocycles. The Morgan fingerprint density at radius 3 is 2.25 bits per heavy atom. The highest BCUT2D eigenvalue weighted by molar-refractivity contribution is 5.94. The summed E-state index contributed by atoms with van der Waals surface area (Å²) in [7, 11) is 0. The van der Waals surface area contributed by atoms with Crippen molar-refractivity contribution in [1.82, 2.24) is 10.6 Å². The number of rotatable bonds is 11. The number of aliphatic hydroxyl groups is 1. The lowest BCUT2D eigenvalue weighted by Gasteiger charge is -2.26. The molecule has 0 saturated carbocycles. The fourth-order valence-electron chi connectivity index (χ4n) is 3.07. The Labute approximate surface area is 175 Å². The summed E-state index contributed by atoms with van der Waals surface area (Å²) in [4.78, 5) is 12.6. The van der Waals surface area contributed by atoms with Gasteiger partial charge in [0.25, 0.3) is 5.91 Å². The van der Waals surface area contributed by atoms with Gasteiger partial charge in [-0.05, 0) is 37.5 Å². The second-order valence-electron chi connectivity index (χ2n) is 7.15. The lowest BCUT2D eigenvalue weighted by molar-refractivity contribution is 0.0825. The Hall–Kier alpha value is -1.88. The minimum absolute atomic E-state index is 0. The molecule has 3 atom stereocenters. The monoisotopic (exact) mass is 404 g/mol. The predicted octanol–water partition coefficient (Wildman–Crippen LogP) is 3.98. The van der Waals surface area contributed by atoms with Crippen molar-refractivity contribution >= 4 is 18.3 Å². The summed E-state index contributed by atoms with van der Waals surface area (Å²) < 4.78 is 0. The first-order valence-electron chi connectivity index (χ1n) is 9.91. The van der Waals surface area contributed by atoms with Crippen LogP contribution in [0.15, 0.2) is 60.7 Å². The molecule has 4 nitrogen and oxygen atoms in total. The van der Waals surface area contributed by atoms with Gasteiger partial charge in [-0.25, -0.2) is 0 Å². The SMILES string of the molecule is CCCCC(C)NC[C@@H](O)[C@H](Cc1ccccc1)NC(=O)c1ccccc1.Cl. The van der Waals surface area contributed by atoms with Crippen molar-refractivity contribution < 1.29 is 9.90 Å². The zero-order chi connectivity index (χ0) is 19.5. The number of carbonyl (C=O) groups excluding carboxylic acids is 1. The smallest absolute Gasteiger partial charge is 0.251 e. The summed E-state index contributed by atoms with van der Waals surface area (Å²) in [5, 5.41) is 17.2. The van der Waals surface area contributed by atoms with Crippen LogP contribution in [0.4, 0.5) is 0 Å². The number of hydrogen-bond donors (Lipinski definition) is 3. The first-order valence-corrected chi connectivity index (χ1v) is 9.91. The first-order chi connectivity index (χ1) is 13.1. The van der Waals surface area contributed by atoms with Crippen LogP contribution >= 0.6 is 12.4 Å². The molecule has 2 aromatic rings. The molecule has 5 heteroatoms. The molecule has 0 aliphatic carbocycles. The summed E-state index contributed by atoms with van der Waals surface area (Å²) in [6.45, 7) is 4.77. The average Bonchev–Trinajstić information content (AvgIpc) is 2.71. The van der Waals surface area contributed by atoms with E-state index in [-0.39, 0.29) is 24.4 Å². The average molecular weight is 405 g/mol. The van der Waals surface area contributed by atoms with E-state index in [0.29, 0.717) is 24.6 Å². The van der Waals surface area contributed by atoms with E-state index in [1.165, 1.54) is 12.8 Å². The molecule has 2 rings (SSSR count). The molecule has 2 aromatic carbocycles. The number of unbranched alkanes of at least 4 members (excludes halogenated alkanes) is 1. The lowest BCUT2D eigenvalue weighted by atomic mass is 10.00. The minimum Gasteiger partial charge on any atom is -0.390 e. The number of benzene rings is 2. The molecule has 0 fully saturated rings. The molecule has 3 N–H and O–H groups in total. The van der Waals surface area contributed by atoms with Crippen molar-refractivity contribution in [2.24, 2.45) is 0 Å². The van der Waals surface area contributed by atoms with Crippen LogP contribution in [0, 0.1) is 0 Å². The van der Waals surface area contributed by atoms with E-state index < -0.39 is 6.10 Å². The maximum absolute atomic E-state index is 12.6. The highest BCUT2D eigenvalue weighted by atomic mass is 35.5. The molecule has 1 amide bonds. The van der Waals surface area contributed by atoms with Crippen LogP contribution in [0.3, 0.4) is 0 Å². The Morgan fingerprint density at radius 2 is 1.64 bits per heavy atom. The molecule has 0 saturated heterocycles. The fraction of sp³-hybridized carbons (Fsp3) is 0.435. The molecule has 0 bridgehead atoms. The summed E-state index contributed by atoms with van der Waals surface area (Å²) in [5.74, 6) is -0.158. The topological polar surface area (TPSA) is 61.4 Å². The molecule has 0 aliphatic heterocycles. The van der Waals surface area contributed by atoms with Gasteiger partial charge < -0.3 is 15.7 Å². The van der Waals surface area contributed by atoms with Gasteiger partial charge in [0, 0.05) is 18.2 Å². The fourth-order valence-corrected chi connectivity index (χ4v) is 3.07. The van der Waals surface area contributed by atoms with Gasteiger partial charge in [-0.2, -0.15) is 0 Å². The molecule has 28 heavy (non-hydrogen) atoms. The summed E-state index contributed by atoms with van der Waals surface area (Å²) in [6, 6.07) is 19.1. The van der Waals surface area contributed by atoms with Crippen molar-refractivity contribution in [2.45, 2.75) is 57.7 Å². The van der Waals surface area contributed by atoms with E-state index in [1.807, 2.05) is 48.5 Å². The van der Waals surface area contributed by atoms with E-state index >= 15 is 0 Å². The zero-order valence-corrected chi connectivity index (χ0v) is 17.6. The number of amides is 1. The van der Waals surface area contributed by atoms with E-state index in [0.717, 1.165) is 12.0 Å². The van der Waals surface area contributed by atoms with Crippen molar-refractivity contribution in [2.75, 3.05) is 6.54 Å². The second-order valence-corrected chi connectivity index (χ2v) is 7.15. The molecule has 0 radical (unpaired) electrons. The number of carbonyl (C=O) groups is 1. The van der Waals surface area contributed by atoms with Crippen molar-refractivity contribution in [3.05, 3.63) is 71.8 Å². The quantitative estimate of drug-likeness (QED) is 0.530. The third kappa shape index (κ3) is 8.42. The van der Waals surface area contributed by atoms with Crippen molar-refractivity contribution in [3.8, 4) is 0 Å². The zero-order valence-electron chi connectivity index (χ0n) is 16.8. The number of aliphatic hydroxyl groups excluding tert-OH is 1. The molecule has 0 aliphatic rings. The molecule has 1 unspecified atom stereocenters. The van der Waals surface area contributed by atoms with Gasteiger partial charge in [-0.15, -0.1) is 12.4 Å². The van der Waals surface area contributed by atoms with Gasteiger partial charge in [-0.3, -0.25) is 4.79 Å². The lowest BCUT2D eigenvalue weighted by Crippen LogP contribution is -2.49. The van der Waals surface area contributed by atoms with Crippen LogP contribution in [0.2, 0.25) is 0 Å². The van der Waals surface area contributed by atoms with E-state index in [4.69, 9.17) is 0 Å². The van der Waals surface area contributed by atoms with Crippen LogP contribution in [0.25, 0.3) is 0 Å². The second kappa shape index (κ2) is 13.3. The highest BCUT2D eigenvalue weighted by Crippen LogP contribution is 2.09. The number of nitrogens with one attached hydrogen (secondary N) is 2. The minimum atomic E-state index is -0.665. The third-order valence-electron chi connectivity index (χ3n) is 4.78. The van der Waals surface area contributed by atoms with Gasteiger partial charge in [0.15, 0.2) is 0 Å². The largest absolute Gasteiger partial charge is 0.390 e. The highest BCUT2D eigenvalue weighted by Gasteiger charge is 2.22. The van der Waals surface area contributed by atoms with Crippen LogP contribution in [-0.4, -0.2) is 35.7 Å². The summed E-state index contributed by atoms with van der Waals surface area (Å²) in [5.41, 5.74) is 1.70. The molecular formula is C23H33ClN2O2. The molecule has 154 valence electrons. The maximum Gasteiger partial charge on any atom is 0.251 e. The van der Waals surface area contributed by atoms with Gasteiger partial charge >= 0.3 is 0 Å². The van der Waals surface area contributed by atoms with Crippen molar-refractivity contribution in [1.29, 1.82) is 0 Å². The first kappa shape index (κ1) is 24.2. The Bertz CT molecular complexity index is 667. The molecule has 0 aromatic heterocycles. The predicted molar refractivity (Wildman–Crippen MR) is 118 cm³/mol. The molecular weight excluding hydrogens is 372 g/mol. The summed E-state index contributed by atoms with van der Waals surface area (Å²) >= 11 is 0. The van der Waals surface area contributed by atoms with E-state index in [2.05, 4.69) is 24.5 Å². The van der Waals surface area contributed by atoms with Gasteiger partial charge in [0.2, 0.25) is 0 Å². The maximum atomic E-state index is 12.6. The van der Waals surface area contributed by atoms with E-state index in [9.17, 15) is 9.90 Å². The normalized spacial score (nSPS) is 13.8. The third-order valence-corrected chi connectivity index (χ3v) is 4.78. The van der Waals surface area contributed by atoms with E-state index in [1.54, 1.807) is 12.1 Å². The van der Waals surface area contributed by atoms with Gasteiger partial charge in [0.1, 0.15) is 0 Å². The van der Waals surface area contributed by atoms with Gasteiger partial charge in [0.05, 0.1) is 12.1 Å². The standard InChI is InChI=1S/C23H32N2O2.ClH/c1-3-4-11-18(2)24-17-22(26)21(16-19-12-7-5-8-13-19)25-23(27)20-14-9-6-10-15-20;/h5-10,12-15,18,21-22,24,26H,3-4,11,16-17H2,1-2H3,(H,25,27);1H/t18?,21-,22+;/m0./s1. The van der Waals surface area contributed by atoms with Gasteiger partial charge in [-0.1, -0.05) is 68.3 Å². The van der Waals surface area contributed by atoms with Crippen LogP contribution in [-0.2, 0) is 6.42 Å². The Kier molecular flexibility index (Phi) is 11.5. The van der Waals surface area contributed by atoms with Crippen molar-refractivity contribution in [3.63, 3.8) is 0 Å². The van der Waals surface area contributed by atoms with Crippen LogP contribution in [0.1, 0.15) is 49.0 Å². The summed E-state index contributed by atoms with van der Waals surface area (Å²) in [6.07, 6.45) is 3.34. The Balaban J connectivity index is 0.00000392. The number of halogens is 1. The number of hydrogen-bond acceptors (Lipinski definition) is 3. The van der Waals surface area contributed by atoms with Crippen LogP contribution < -0.4 is 10.6 Å². The van der Waals surface area contributed by atoms with Crippen LogP contribution in [0.5, 0.6) is 0 Å². The Morgan fingerprint density at radius 1 is 1.04 bits per heavy atom.